The van der Waals surface area contributed by atoms with E-state index in [1.54, 1.807) is 0 Å². The zero-order valence-corrected chi connectivity index (χ0v) is 13.9. The Bertz CT molecular complexity index is 629. The van der Waals surface area contributed by atoms with Crippen LogP contribution in [0.3, 0.4) is 0 Å². The van der Waals surface area contributed by atoms with Gasteiger partial charge in [0.25, 0.3) is 0 Å². The van der Waals surface area contributed by atoms with Gasteiger partial charge in [0.15, 0.2) is 5.82 Å². The van der Waals surface area contributed by atoms with Crippen molar-refractivity contribution < 1.29 is 4.52 Å². The van der Waals surface area contributed by atoms with Crippen LogP contribution in [0.2, 0.25) is 0 Å². The lowest BCUT2D eigenvalue weighted by Gasteiger charge is -2.36. The van der Waals surface area contributed by atoms with E-state index >= 15 is 0 Å². The highest BCUT2D eigenvalue weighted by Crippen LogP contribution is 2.19. The summed E-state index contributed by atoms with van der Waals surface area (Å²) in [6, 6.07) is 10.6. The van der Waals surface area contributed by atoms with Gasteiger partial charge in [-0.15, -0.1) is 0 Å². The molecule has 23 heavy (non-hydrogen) atoms. The Hall–Kier alpha value is -1.98. The zero-order chi connectivity index (χ0) is 16.1. The molecule has 0 bridgehead atoms. The van der Waals surface area contributed by atoms with Crippen LogP contribution in [0.15, 0.2) is 40.9 Å². The molecular weight excluding hydrogens is 288 g/mol. The molecule has 0 N–H and O–H groups in total. The number of benzene rings is 1. The Morgan fingerprint density at radius 1 is 1.17 bits per heavy atom. The first-order valence-corrected chi connectivity index (χ1v) is 8.20. The van der Waals surface area contributed by atoms with Crippen LogP contribution in [0.4, 0.5) is 0 Å². The number of rotatable bonds is 5. The lowest BCUT2D eigenvalue weighted by molar-refractivity contribution is 0.0947. The summed E-state index contributed by atoms with van der Waals surface area (Å²) in [5.74, 6) is 1.43. The van der Waals surface area contributed by atoms with Crippen LogP contribution in [-0.2, 0) is 0 Å². The van der Waals surface area contributed by atoms with E-state index in [0.717, 1.165) is 38.6 Å². The first-order chi connectivity index (χ1) is 11.2. The minimum absolute atomic E-state index is 0.193. The molecule has 1 atom stereocenters. The number of aromatic nitrogens is 2. The average Bonchev–Trinajstić information content (AvgIpc) is 3.02. The van der Waals surface area contributed by atoms with E-state index in [-0.39, 0.29) is 6.04 Å². The summed E-state index contributed by atoms with van der Waals surface area (Å²) in [4.78, 5) is 9.22. The topological polar surface area (TPSA) is 45.4 Å². The molecule has 1 aliphatic heterocycles. The highest BCUT2D eigenvalue weighted by atomic mass is 16.5. The molecular formula is C18H24N4O. The van der Waals surface area contributed by atoms with Crippen LogP contribution in [0, 0.1) is 6.92 Å². The number of piperazine rings is 1. The van der Waals surface area contributed by atoms with E-state index in [1.165, 1.54) is 5.56 Å². The fourth-order valence-corrected chi connectivity index (χ4v) is 2.87. The molecule has 1 saturated heterocycles. The Morgan fingerprint density at radius 2 is 1.91 bits per heavy atom. The molecule has 2 aromatic rings. The Balaban J connectivity index is 1.46. The van der Waals surface area contributed by atoms with Crippen molar-refractivity contribution in [1.82, 2.24) is 19.9 Å². The molecule has 0 spiro atoms. The van der Waals surface area contributed by atoms with Crippen LogP contribution in [-0.4, -0.2) is 52.7 Å². The van der Waals surface area contributed by atoms with Gasteiger partial charge in [-0.05, 0) is 19.4 Å². The number of hydrogen-bond acceptors (Lipinski definition) is 5. The van der Waals surface area contributed by atoms with E-state index in [2.05, 4.69) is 63.3 Å². The highest BCUT2D eigenvalue weighted by molar-refractivity contribution is 5.48. The highest BCUT2D eigenvalue weighted by Gasteiger charge is 2.24. The van der Waals surface area contributed by atoms with Gasteiger partial charge in [0.1, 0.15) is 0 Å². The predicted octanol–water partition coefficient (Wildman–Crippen LogP) is 2.77. The van der Waals surface area contributed by atoms with Gasteiger partial charge in [-0.2, -0.15) is 4.98 Å². The van der Waals surface area contributed by atoms with E-state index in [0.29, 0.717) is 5.82 Å². The molecule has 1 fully saturated rings. The van der Waals surface area contributed by atoms with Gasteiger partial charge >= 0.3 is 0 Å². The van der Waals surface area contributed by atoms with Gasteiger partial charge in [0, 0.05) is 32.7 Å². The van der Waals surface area contributed by atoms with E-state index in [1.807, 2.05) is 13.0 Å². The standard InChI is InChI=1S/C18H24N4O/c1-15(18-19-16(2)20-23-18)22-13-11-21(12-14-22)10-6-9-17-7-4-3-5-8-17/h3-9,15H,10-14H2,1-2H3/b9-6+/t15-/m0/s1. The zero-order valence-electron chi connectivity index (χ0n) is 13.9. The van der Waals surface area contributed by atoms with Gasteiger partial charge in [0.2, 0.25) is 5.89 Å². The molecule has 0 amide bonds. The summed E-state index contributed by atoms with van der Waals surface area (Å²) in [6.07, 6.45) is 4.44. The molecule has 0 unspecified atom stereocenters. The monoisotopic (exact) mass is 312 g/mol. The summed E-state index contributed by atoms with van der Waals surface area (Å²) in [5.41, 5.74) is 1.26. The SMILES string of the molecule is Cc1noc([C@H](C)N2CCN(C/C=C/c3ccccc3)CC2)n1. The summed E-state index contributed by atoms with van der Waals surface area (Å²) < 4.78 is 5.29. The molecule has 1 aromatic carbocycles. The second kappa shape index (κ2) is 7.53. The van der Waals surface area contributed by atoms with E-state index in [9.17, 15) is 0 Å². The molecule has 0 radical (unpaired) electrons. The lowest BCUT2D eigenvalue weighted by Crippen LogP contribution is -2.47. The third-order valence-electron chi connectivity index (χ3n) is 4.33. The van der Waals surface area contributed by atoms with Crippen LogP contribution < -0.4 is 0 Å². The van der Waals surface area contributed by atoms with Crippen LogP contribution in [0.1, 0.15) is 30.2 Å². The maximum Gasteiger partial charge on any atom is 0.243 e. The Labute approximate surface area is 137 Å². The van der Waals surface area contributed by atoms with Crippen molar-refractivity contribution in [1.29, 1.82) is 0 Å². The second-order valence-corrected chi connectivity index (χ2v) is 6.01. The van der Waals surface area contributed by atoms with Gasteiger partial charge in [-0.25, -0.2) is 0 Å². The number of hydrogen-bond donors (Lipinski definition) is 0. The second-order valence-electron chi connectivity index (χ2n) is 6.01. The molecule has 5 nitrogen and oxygen atoms in total. The molecule has 3 rings (SSSR count). The van der Waals surface area contributed by atoms with Gasteiger partial charge in [-0.1, -0.05) is 47.6 Å². The van der Waals surface area contributed by atoms with E-state index < -0.39 is 0 Å². The van der Waals surface area contributed by atoms with Crippen LogP contribution >= 0.6 is 0 Å². The maximum atomic E-state index is 5.29. The quantitative estimate of drug-likeness (QED) is 0.849. The summed E-state index contributed by atoms with van der Waals surface area (Å²) in [5, 5.41) is 3.88. The fraction of sp³-hybridized carbons (Fsp3) is 0.444. The van der Waals surface area contributed by atoms with Gasteiger partial charge < -0.3 is 4.52 Å². The minimum atomic E-state index is 0.193. The van der Waals surface area contributed by atoms with Crippen molar-refractivity contribution >= 4 is 6.08 Å². The lowest BCUT2D eigenvalue weighted by atomic mass is 10.2. The summed E-state index contributed by atoms with van der Waals surface area (Å²) >= 11 is 0. The van der Waals surface area contributed by atoms with Crippen LogP contribution in [0.25, 0.3) is 6.08 Å². The molecule has 0 aliphatic carbocycles. The fourth-order valence-electron chi connectivity index (χ4n) is 2.87. The molecule has 0 saturated carbocycles. The normalized spacial score (nSPS) is 18.5. The third-order valence-corrected chi connectivity index (χ3v) is 4.33. The van der Waals surface area contributed by atoms with Crippen molar-refractivity contribution in [2.75, 3.05) is 32.7 Å². The smallest absolute Gasteiger partial charge is 0.243 e. The van der Waals surface area contributed by atoms with E-state index in [4.69, 9.17) is 4.52 Å². The van der Waals surface area contributed by atoms with Crippen molar-refractivity contribution in [3.05, 3.63) is 53.7 Å². The molecule has 1 aliphatic rings. The molecule has 2 heterocycles. The predicted molar refractivity (Wildman–Crippen MR) is 90.9 cm³/mol. The largest absolute Gasteiger partial charge is 0.338 e. The number of aryl methyl sites for hydroxylation is 1. The molecule has 122 valence electrons. The number of nitrogens with zero attached hydrogens (tertiary/aromatic N) is 4. The Kier molecular flexibility index (Phi) is 5.20. The van der Waals surface area contributed by atoms with Crippen molar-refractivity contribution in [3.63, 3.8) is 0 Å². The van der Waals surface area contributed by atoms with Gasteiger partial charge in [0.05, 0.1) is 6.04 Å². The molecule has 1 aromatic heterocycles. The third kappa shape index (κ3) is 4.27. The first kappa shape index (κ1) is 15.9. The first-order valence-electron chi connectivity index (χ1n) is 8.20. The van der Waals surface area contributed by atoms with Crippen molar-refractivity contribution in [3.8, 4) is 0 Å². The Morgan fingerprint density at radius 3 is 2.57 bits per heavy atom. The minimum Gasteiger partial charge on any atom is -0.338 e. The van der Waals surface area contributed by atoms with Gasteiger partial charge in [-0.3, -0.25) is 9.80 Å². The average molecular weight is 312 g/mol. The summed E-state index contributed by atoms with van der Waals surface area (Å²) in [6.45, 7) is 9.18. The molecule has 5 heteroatoms. The van der Waals surface area contributed by atoms with Crippen molar-refractivity contribution in [2.24, 2.45) is 0 Å². The van der Waals surface area contributed by atoms with Crippen molar-refractivity contribution in [2.45, 2.75) is 19.9 Å². The maximum absolute atomic E-state index is 5.29. The summed E-state index contributed by atoms with van der Waals surface area (Å²) in [7, 11) is 0. The van der Waals surface area contributed by atoms with Crippen LogP contribution in [0.5, 0.6) is 0 Å².